The molecule has 8 nitrogen and oxygen atoms in total. The molecule has 0 radical (unpaired) electrons. The topological polar surface area (TPSA) is 90.7 Å². The van der Waals surface area contributed by atoms with E-state index in [1.54, 1.807) is 50.2 Å². The van der Waals surface area contributed by atoms with Crippen molar-refractivity contribution in [1.29, 1.82) is 0 Å². The van der Waals surface area contributed by atoms with Gasteiger partial charge in [-0.1, -0.05) is 22.4 Å². The first-order valence-corrected chi connectivity index (χ1v) is 11.9. The van der Waals surface area contributed by atoms with Crippen molar-refractivity contribution in [1.82, 2.24) is 0 Å². The standard InChI is InChI=1S/C28H28F3N3O5/c1-5-37-34-26(19(3)33-38-17-24-18(2)7-6-8-25(24)32-27(35)36-4)20-9-13-22(14-10-20)39-23-15-11-21(12-16-23)28(29,30)31/h6-16H,5,17H2,1-4H3,(H,32,35)/b33-19+,34-26-. The summed E-state index contributed by atoms with van der Waals surface area (Å²) in [6.45, 7) is 5.78. The minimum Gasteiger partial charge on any atom is -0.457 e. The molecule has 0 unspecified atom stereocenters. The number of ether oxygens (including phenoxy) is 2. The van der Waals surface area contributed by atoms with Crippen LogP contribution in [0.15, 0.2) is 77.0 Å². The summed E-state index contributed by atoms with van der Waals surface area (Å²) < 4.78 is 48.7. The van der Waals surface area contributed by atoms with Gasteiger partial charge in [-0.2, -0.15) is 13.2 Å². The number of benzene rings is 3. The van der Waals surface area contributed by atoms with Crippen molar-refractivity contribution in [2.45, 2.75) is 33.6 Å². The molecular weight excluding hydrogens is 515 g/mol. The number of alkyl halides is 3. The highest BCUT2D eigenvalue weighted by Crippen LogP contribution is 2.31. The predicted molar refractivity (Wildman–Crippen MR) is 141 cm³/mol. The van der Waals surface area contributed by atoms with Gasteiger partial charge in [0.05, 0.1) is 18.4 Å². The number of hydrogen-bond acceptors (Lipinski definition) is 7. The van der Waals surface area contributed by atoms with E-state index >= 15 is 0 Å². The SMILES string of the molecule is CCO/N=C(/C(C)=N/OCc1c(C)cccc1NC(=O)OC)c1ccc(Oc2ccc(C(F)(F)F)cc2)cc1. The fourth-order valence-electron chi connectivity index (χ4n) is 3.39. The Balaban J connectivity index is 1.73. The van der Waals surface area contributed by atoms with Crippen molar-refractivity contribution in [2.24, 2.45) is 10.3 Å². The van der Waals surface area contributed by atoms with Gasteiger partial charge in [0.25, 0.3) is 0 Å². The Hall–Kier alpha value is -4.54. The quantitative estimate of drug-likeness (QED) is 0.214. The van der Waals surface area contributed by atoms with Gasteiger partial charge in [-0.15, -0.1) is 0 Å². The Morgan fingerprint density at radius 1 is 0.923 bits per heavy atom. The molecule has 0 aliphatic rings. The van der Waals surface area contributed by atoms with Crippen molar-refractivity contribution in [3.05, 3.63) is 89.0 Å². The molecule has 11 heteroatoms. The molecular formula is C28H28F3N3O5. The number of hydrogen-bond donors (Lipinski definition) is 1. The zero-order valence-electron chi connectivity index (χ0n) is 21.8. The zero-order valence-corrected chi connectivity index (χ0v) is 21.8. The number of amides is 1. The van der Waals surface area contributed by atoms with E-state index in [4.69, 9.17) is 14.4 Å². The van der Waals surface area contributed by atoms with Gasteiger partial charge in [-0.05, 0) is 80.9 Å². The number of carbonyl (C=O) groups is 1. The maximum Gasteiger partial charge on any atom is 0.416 e. The van der Waals surface area contributed by atoms with Crippen molar-refractivity contribution >= 4 is 23.2 Å². The summed E-state index contributed by atoms with van der Waals surface area (Å²) in [6.07, 6.45) is -5.01. The molecule has 206 valence electrons. The summed E-state index contributed by atoms with van der Waals surface area (Å²) >= 11 is 0. The van der Waals surface area contributed by atoms with Gasteiger partial charge in [-0.3, -0.25) is 5.32 Å². The summed E-state index contributed by atoms with van der Waals surface area (Å²) in [6, 6.07) is 16.6. The summed E-state index contributed by atoms with van der Waals surface area (Å²) in [5, 5.41) is 11.0. The largest absolute Gasteiger partial charge is 0.457 e. The number of rotatable bonds is 10. The smallest absolute Gasteiger partial charge is 0.416 e. The Morgan fingerprint density at radius 2 is 1.56 bits per heavy atom. The van der Waals surface area contributed by atoms with E-state index in [0.29, 0.717) is 35.0 Å². The first kappa shape index (κ1) is 29.0. The number of anilines is 1. The van der Waals surface area contributed by atoms with E-state index in [2.05, 4.69) is 20.4 Å². The number of aryl methyl sites for hydroxylation is 1. The van der Waals surface area contributed by atoms with E-state index in [9.17, 15) is 18.0 Å². The Bertz CT molecular complexity index is 1320. The molecule has 1 N–H and O–H groups in total. The third kappa shape index (κ3) is 8.22. The molecule has 0 bridgehead atoms. The average molecular weight is 544 g/mol. The fraction of sp³-hybridized carbons (Fsp3) is 0.250. The monoisotopic (exact) mass is 543 g/mol. The second-order valence-electron chi connectivity index (χ2n) is 8.17. The number of oxime groups is 2. The first-order valence-electron chi connectivity index (χ1n) is 11.9. The molecule has 39 heavy (non-hydrogen) atoms. The number of carbonyl (C=O) groups excluding carboxylic acids is 1. The molecule has 3 aromatic rings. The van der Waals surface area contributed by atoms with Crippen LogP contribution in [0.1, 0.15) is 36.1 Å². The third-order valence-corrected chi connectivity index (χ3v) is 5.42. The molecule has 0 saturated carbocycles. The van der Waals surface area contributed by atoms with Crippen LogP contribution in [-0.4, -0.2) is 31.2 Å². The van der Waals surface area contributed by atoms with E-state index in [1.807, 2.05) is 13.0 Å². The van der Waals surface area contributed by atoms with Gasteiger partial charge in [0, 0.05) is 11.1 Å². The summed E-state index contributed by atoms with van der Waals surface area (Å²) in [5.41, 5.74) is 2.90. The number of nitrogens with one attached hydrogen (secondary N) is 1. The number of halogens is 3. The minimum atomic E-state index is -4.41. The van der Waals surface area contributed by atoms with E-state index in [0.717, 1.165) is 23.3 Å². The lowest BCUT2D eigenvalue weighted by Crippen LogP contribution is -2.15. The molecule has 0 aliphatic heterocycles. The van der Waals surface area contributed by atoms with Crippen molar-refractivity contribution < 1.29 is 37.1 Å². The Morgan fingerprint density at radius 3 is 2.15 bits per heavy atom. The van der Waals surface area contributed by atoms with Crippen LogP contribution in [0, 0.1) is 6.92 Å². The average Bonchev–Trinajstić information content (AvgIpc) is 2.91. The lowest BCUT2D eigenvalue weighted by Gasteiger charge is -2.13. The molecule has 0 atom stereocenters. The van der Waals surface area contributed by atoms with Crippen LogP contribution in [0.25, 0.3) is 0 Å². The molecule has 0 spiro atoms. The van der Waals surface area contributed by atoms with Gasteiger partial charge < -0.3 is 19.1 Å². The second kappa shape index (κ2) is 13.3. The van der Waals surface area contributed by atoms with Gasteiger partial charge in [0.15, 0.2) is 0 Å². The normalized spacial score (nSPS) is 12.1. The fourth-order valence-corrected chi connectivity index (χ4v) is 3.39. The lowest BCUT2D eigenvalue weighted by molar-refractivity contribution is -0.137. The molecule has 3 aromatic carbocycles. The maximum atomic E-state index is 12.8. The molecule has 0 saturated heterocycles. The Labute approximate surface area is 224 Å². The van der Waals surface area contributed by atoms with Crippen LogP contribution in [0.2, 0.25) is 0 Å². The highest BCUT2D eigenvalue weighted by atomic mass is 19.4. The first-order chi connectivity index (χ1) is 18.6. The van der Waals surface area contributed by atoms with Crippen molar-refractivity contribution in [3.8, 4) is 11.5 Å². The van der Waals surface area contributed by atoms with Crippen LogP contribution in [0.4, 0.5) is 23.7 Å². The summed E-state index contributed by atoms with van der Waals surface area (Å²) in [5.74, 6) is 0.688. The molecule has 0 aromatic heterocycles. The summed E-state index contributed by atoms with van der Waals surface area (Å²) in [7, 11) is 1.28. The zero-order chi connectivity index (χ0) is 28.4. The van der Waals surface area contributed by atoms with Gasteiger partial charge in [-0.25, -0.2) is 4.79 Å². The van der Waals surface area contributed by atoms with Crippen molar-refractivity contribution in [2.75, 3.05) is 19.0 Å². The van der Waals surface area contributed by atoms with Gasteiger partial charge in [0.1, 0.15) is 36.1 Å². The van der Waals surface area contributed by atoms with E-state index in [-0.39, 0.29) is 12.4 Å². The summed E-state index contributed by atoms with van der Waals surface area (Å²) in [4.78, 5) is 22.5. The van der Waals surface area contributed by atoms with Crippen LogP contribution >= 0.6 is 0 Å². The van der Waals surface area contributed by atoms with Gasteiger partial charge >= 0.3 is 12.3 Å². The van der Waals surface area contributed by atoms with E-state index in [1.165, 1.54) is 19.2 Å². The van der Waals surface area contributed by atoms with Crippen LogP contribution < -0.4 is 10.1 Å². The highest BCUT2D eigenvalue weighted by molar-refractivity contribution is 6.47. The predicted octanol–water partition coefficient (Wildman–Crippen LogP) is 7.32. The van der Waals surface area contributed by atoms with Crippen molar-refractivity contribution in [3.63, 3.8) is 0 Å². The van der Waals surface area contributed by atoms with Crippen LogP contribution in [-0.2, 0) is 27.2 Å². The van der Waals surface area contributed by atoms with Crippen LogP contribution in [0.3, 0.4) is 0 Å². The molecule has 0 aliphatic carbocycles. The number of nitrogens with zero attached hydrogens (tertiary/aromatic N) is 2. The maximum absolute atomic E-state index is 12.8. The third-order valence-electron chi connectivity index (χ3n) is 5.42. The lowest BCUT2D eigenvalue weighted by atomic mass is 10.1. The van der Waals surface area contributed by atoms with Gasteiger partial charge in [0.2, 0.25) is 0 Å². The van der Waals surface area contributed by atoms with Crippen LogP contribution in [0.5, 0.6) is 11.5 Å². The highest BCUT2D eigenvalue weighted by Gasteiger charge is 2.30. The Kier molecular flexibility index (Phi) is 9.91. The van der Waals surface area contributed by atoms with E-state index < -0.39 is 17.8 Å². The molecule has 1 amide bonds. The number of methoxy groups -OCH3 is 1. The molecule has 0 fully saturated rings. The second-order valence-corrected chi connectivity index (χ2v) is 8.17. The molecule has 3 rings (SSSR count). The minimum absolute atomic E-state index is 0.0746. The molecule has 0 heterocycles.